The molecule has 10 heteroatoms. The van der Waals surface area contributed by atoms with E-state index in [0.717, 1.165) is 27.9 Å². The Balaban J connectivity index is 1.40. The summed E-state index contributed by atoms with van der Waals surface area (Å²) in [5.74, 6) is -0.0536. The van der Waals surface area contributed by atoms with Crippen LogP contribution in [0.15, 0.2) is 53.1 Å². The molecule has 1 N–H and O–H groups in total. The molecule has 0 bridgehead atoms. The van der Waals surface area contributed by atoms with Crippen molar-refractivity contribution in [3.63, 3.8) is 0 Å². The van der Waals surface area contributed by atoms with E-state index in [2.05, 4.69) is 41.1 Å². The van der Waals surface area contributed by atoms with Gasteiger partial charge in [0.2, 0.25) is 0 Å². The summed E-state index contributed by atoms with van der Waals surface area (Å²) in [5, 5.41) is 3.44. The number of nitrogens with one attached hydrogen (secondary N) is 1. The van der Waals surface area contributed by atoms with Gasteiger partial charge in [-0.05, 0) is 84.6 Å². The molecule has 184 valence electrons. The number of esters is 1. The van der Waals surface area contributed by atoms with E-state index in [-0.39, 0.29) is 11.6 Å². The summed E-state index contributed by atoms with van der Waals surface area (Å²) in [7, 11) is 0. The Labute approximate surface area is 220 Å². The van der Waals surface area contributed by atoms with Gasteiger partial charge in [-0.15, -0.1) is 0 Å². The van der Waals surface area contributed by atoms with Crippen LogP contribution in [0.4, 0.5) is 10.9 Å². The van der Waals surface area contributed by atoms with E-state index in [1.54, 1.807) is 12.3 Å². The van der Waals surface area contributed by atoms with Gasteiger partial charge in [0.05, 0.1) is 4.47 Å². The first-order chi connectivity index (χ1) is 17.2. The third-order valence-corrected chi connectivity index (χ3v) is 7.19. The quantitative estimate of drug-likeness (QED) is 0.321. The molecule has 36 heavy (non-hydrogen) atoms. The van der Waals surface area contributed by atoms with Gasteiger partial charge in [-0.25, -0.2) is 19.7 Å². The first kappa shape index (κ1) is 24.3. The zero-order chi connectivity index (χ0) is 25.4. The van der Waals surface area contributed by atoms with Gasteiger partial charge in [0.25, 0.3) is 5.91 Å². The highest BCUT2D eigenvalue weighted by Crippen LogP contribution is 2.30. The third-order valence-electron chi connectivity index (χ3n) is 5.65. The number of fused-ring (bicyclic) bond motifs is 2. The predicted octanol–water partition coefficient (Wildman–Crippen LogP) is 5.62. The Kier molecular flexibility index (Phi) is 6.48. The van der Waals surface area contributed by atoms with Crippen molar-refractivity contribution in [2.45, 2.75) is 39.3 Å². The molecule has 3 aromatic heterocycles. The molecule has 0 spiro atoms. The number of amides is 1. The number of carbonyl (C=O) groups excluding carboxylic acids is 2. The van der Waals surface area contributed by atoms with Crippen molar-refractivity contribution in [1.29, 1.82) is 0 Å². The first-order valence-electron chi connectivity index (χ1n) is 11.5. The number of hydrogen-bond donors (Lipinski definition) is 1. The molecule has 0 unspecified atom stereocenters. The van der Waals surface area contributed by atoms with E-state index >= 15 is 0 Å². The summed E-state index contributed by atoms with van der Waals surface area (Å²) in [5.41, 5.74) is 3.00. The lowest BCUT2D eigenvalue weighted by molar-refractivity contribution is 0.00617. The van der Waals surface area contributed by atoms with Crippen LogP contribution < -0.4 is 10.2 Å². The van der Waals surface area contributed by atoms with Crippen molar-refractivity contribution >= 4 is 60.4 Å². The second-order valence-corrected chi connectivity index (χ2v) is 11.2. The van der Waals surface area contributed by atoms with E-state index in [0.29, 0.717) is 34.1 Å². The maximum Gasteiger partial charge on any atom is 0.358 e. The van der Waals surface area contributed by atoms with Gasteiger partial charge in [-0.3, -0.25) is 10.1 Å². The van der Waals surface area contributed by atoms with Gasteiger partial charge < -0.3 is 9.64 Å². The molecular weight excluding hydrogens is 542 g/mol. The number of anilines is 2. The lowest BCUT2D eigenvalue weighted by atomic mass is 9.94. The van der Waals surface area contributed by atoms with Crippen molar-refractivity contribution in [3.05, 3.63) is 75.5 Å². The van der Waals surface area contributed by atoms with E-state index in [9.17, 15) is 9.59 Å². The number of rotatable bonds is 4. The Morgan fingerprint density at radius 3 is 2.72 bits per heavy atom. The maximum atomic E-state index is 13.3. The minimum absolute atomic E-state index is 0.217. The number of aromatic nitrogens is 3. The SMILES string of the molecule is CC(C)(C)OC(=O)c1nc(N2CCc3cccc(C(=O)Nc4nc5cccnc5s4)c3C2)ccc1Br. The molecule has 1 amide bonds. The molecule has 0 radical (unpaired) electrons. The Morgan fingerprint density at radius 1 is 1.11 bits per heavy atom. The largest absolute Gasteiger partial charge is 0.455 e. The van der Waals surface area contributed by atoms with Gasteiger partial charge in [0.15, 0.2) is 10.8 Å². The minimum Gasteiger partial charge on any atom is -0.455 e. The highest BCUT2D eigenvalue weighted by atomic mass is 79.9. The van der Waals surface area contributed by atoms with Crippen LogP contribution in [0, 0.1) is 0 Å². The Hall–Kier alpha value is -3.37. The smallest absolute Gasteiger partial charge is 0.358 e. The summed E-state index contributed by atoms with van der Waals surface area (Å²) in [6, 6.07) is 13.1. The number of ether oxygens (including phenoxy) is 1. The second-order valence-electron chi connectivity index (χ2n) is 9.42. The number of pyridine rings is 2. The number of thiazole rings is 1. The Morgan fingerprint density at radius 2 is 1.94 bits per heavy atom. The van der Waals surface area contributed by atoms with E-state index in [1.165, 1.54) is 11.3 Å². The fourth-order valence-corrected chi connectivity index (χ4v) is 5.24. The zero-order valence-corrected chi connectivity index (χ0v) is 22.4. The second kappa shape index (κ2) is 9.59. The third kappa shape index (κ3) is 5.10. The molecule has 1 aromatic carbocycles. The van der Waals surface area contributed by atoms with E-state index in [4.69, 9.17) is 4.74 Å². The van der Waals surface area contributed by atoms with Gasteiger partial charge in [-0.1, -0.05) is 23.5 Å². The van der Waals surface area contributed by atoms with Crippen LogP contribution >= 0.6 is 27.3 Å². The average Bonchev–Trinajstić information content (AvgIpc) is 3.24. The van der Waals surface area contributed by atoms with Gasteiger partial charge in [0.1, 0.15) is 21.8 Å². The fourth-order valence-electron chi connectivity index (χ4n) is 4.05. The molecule has 4 aromatic rings. The molecule has 1 aliphatic heterocycles. The number of nitrogens with zero attached hydrogens (tertiary/aromatic N) is 4. The van der Waals surface area contributed by atoms with Crippen LogP contribution in [-0.4, -0.2) is 39.0 Å². The zero-order valence-electron chi connectivity index (χ0n) is 20.0. The normalized spacial score (nSPS) is 13.4. The van der Waals surface area contributed by atoms with Crippen molar-refractivity contribution in [1.82, 2.24) is 15.0 Å². The van der Waals surface area contributed by atoms with Crippen molar-refractivity contribution < 1.29 is 14.3 Å². The maximum absolute atomic E-state index is 13.3. The molecule has 4 heterocycles. The summed E-state index contributed by atoms with van der Waals surface area (Å²) in [6.07, 6.45) is 2.46. The highest BCUT2D eigenvalue weighted by Gasteiger charge is 2.26. The molecule has 0 saturated carbocycles. The van der Waals surface area contributed by atoms with Crippen molar-refractivity contribution in [2.24, 2.45) is 0 Å². The predicted molar refractivity (Wildman–Crippen MR) is 144 cm³/mol. The molecule has 1 aliphatic rings. The summed E-state index contributed by atoms with van der Waals surface area (Å²) < 4.78 is 6.09. The van der Waals surface area contributed by atoms with Crippen LogP contribution in [0.3, 0.4) is 0 Å². The molecule has 0 fully saturated rings. The van der Waals surface area contributed by atoms with E-state index in [1.807, 2.05) is 57.2 Å². The highest BCUT2D eigenvalue weighted by molar-refractivity contribution is 9.10. The molecule has 0 saturated heterocycles. The first-order valence-corrected chi connectivity index (χ1v) is 13.1. The van der Waals surface area contributed by atoms with Crippen LogP contribution in [0.1, 0.15) is 52.7 Å². The lowest BCUT2D eigenvalue weighted by Gasteiger charge is -2.31. The van der Waals surface area contributed by atoms with Crippen LogP contribution in [0.2, 0.25) is 0 Å². The number of hydrogen-bond acceptors (Lipinski definition) is 8. The molecule has 0 aliphatic carbocycles. The average molecular weight is 566 g/mol. The van der Waals surface area contributed by atoms with Crippen LogP contribution in [0.5, 0.6) is 0 Å². The summed E-state index contributed by atoms with van der Waals surface area (Å²) in [4.78, 5) is 42.2. The topological polar surface area (TPSA) is 97.3 Å². The Bertz CT molecular complexity index is 1450. The monoisotopic (exact) mass is 565 g/mol. The molecular formula is C26H24BrN5O3S. The van der Waals surface area contributed by atoms with E-state index < -0.39 is 11.6 Å². The van der Waals surface area contributed by atoms with Gasteiger partial charge in [0, 0.05) is 24.8 Å². The number of halogens is 1. The number of benzene rings is 1. The lowest BCUT2D eigenvalue weighted by Crippen LogP contribution is -2.33. The van der Waals surface area contributed by atoms with Crippen molar-refractivity contribution in [2.75, 3.05) is 16.8 Å². The minimum atomic E-state index is -0.625. The molecule has 8 nitrogen and oxygen atoms in total. The number of carbonyl (C=O) groups is 2. The van der Waals surface area contributed by atoms with Crippen LogP contribution in [0.25, 0.3) is 10.3 Å². The molecule has 5 rings (SSSR count). The van der Waals surface area contributed by atoms with Crippen LogP contribution in [-0.2, 0) is 17.7 Å². The summed E-state index contributed by atoms with van der Waals surface area (Å²) in [6.45, 7) is 6.66. The van der Waals surface area contributed by atoms with Gasteiger partial charge >= 0.3 is 5.97 Å². The van der Waals surface area contributed by atoms with Crippen molar-refractivity contribution in [3.8, 4) is 0 Å². The van der Waals surface area contributed by atoms with Gasteiger partial charge in [-0.2, -0.15) is 0 Å². The summed E-state index contributed by atoms with van der Waals surface area (Å²) >= 11 is 4.76. The fraction of sp³-hybridized carbons (Fsp3) is 0.269. The molecule has 0 atom stereocenters. The standard InChI is InChI=1S/C26H24BrN5O3S/c1-26(2,3)35-24(34)21-18(27)9-10-20(30-21)32-13-11-15-6-4-7-16(17(15)14-32)22(33)31-25-29-19-8-5-12-28-23(19)36-25/h4-10,12H,11,13-14H2,1-3H3,(H,29,31,33).